The van der Waals surface area contributed by atoms with Crippen molar-refractivity contribution in [2.45, 2.75) is 43.2 Å². The minimum Gasteiger partial charge on any atom is -0.162 e. The van der Waals surface area contributed by atoms with Gasteiger partial charge in [0.2, 0.25) is 0 Å². The molecule has 1 atom stereocenters. The van der Waals surface area contributed by atoms with E-state index in [2.05, 4.69) is 13.2 Å². The quantitative estimate of drug-likeness (QED) is 0.604. The molecule has 11 heavy (non-hydrogen) atoms. The Balaban J connectivity index is 2.27. The third-order valence-corrected chi connectivity index (χ3v) is 4.30. The Kier molecular flexibility index (Phi) is 4.08. The summed E-state index contributed by atoms with van der Waals surface area (Å²) in [5.41, 5.74) is 0. The van der Waals surface area contributed by atoms with Crippen LogP contribution in [0.2, 0.25) is 0 Å². The van der Waals surface area contributed by atoms with Crippen LogP contribution in [0.5, 0.6) is 0 Å². The van der Waals surface area contributed by atoms with Crippen LogP contribution in [0.1, 0.15) is 32.6 Å². The van der Waals surface area contributed by atoms with Crippen molar-refractivity contribution >= 4 is 23.4 Å². The zero-order valence-corrected chi connectivity index (χ0v) is 8.92. The van der Waals surface area contributed by atoms with Crippen molar-refractivity contribution in [3.63, 3.8) is 0 Å². The Bertz CT molecular complexity index is 108. The van der Waals surface area contributed by atoms with Gasteiger partial charge in [-0.3, -0.25) is 0 Å². The first-order valence-corrected chi connectivity index (χ1v) is 6.13. The fourth-order valence-corrected chi connectivity index (χ4v) is 2.65. The molecule has 0 bridgehead atoms. The van der Waals surface area contributed by atoms with Crippen LogP contribution in [0.25, 0.3) is 0 Å². The minimum atomic E-state index is 0.473. The second kappa shape index (κ2) is 4.61. The molecule has 0 aromatic rings. The summed E-state index contributed by atoms with van der Waals surface area (Å²) < 4.78 is 0. The molecule has 1 unspecified atom stereocenters. The van der Waals surface area contributed by atoms with Crippen molar-refractivity contribution in [2.75, 3.05) is 6.26 Å². The van der Waals surface area contributed by atoms with Gasteiger partial charge in [-0.2, -0.15) is 11.8 Å². The maximum absolute atomic E-state index is 6.02. The zero-order chi connectivity index (χ0) is 8.27. The molecule has 0 radical (unpaired) electrons. The molecule has 1 saturated carbocycles. The van der Waals surface area contributed by atoms with E-state index in [1.165, 1.54) is 25.7 Å². The number of rotatable bonds is 2. The SMILES string of the molecule is CSC(C)C1CCC(Cl)CC1. The molecule has 1 fully saturated rings. The largest absolute Gasteiger partial charge is 0.162 e. The summed E-state index contributed by atoms with van der Waals surface area (Å²) >= 11 is 8.01. The van der Waals surface area contributed by atoms with Crippen LogP contribution < -0.4 is 0 Å². The molecule has 0 aromatic heterocycles. The summed E-state index contributed by atoms with van der Waals surface area (Å²) in [7, 11) is 0. The van der Waals surface area contributed by atoms with Crippen LogP contribution in [-0.2, 0) is 0 Å². The summed E-state index contributed by atoms with van der Waals surface area (Å²) in [4.78, 5) is 0. The van der Waals surface area contributed by atoms with E-state index in [4.69, 9.17) is 11.6 Å². The Morgan fingerprint density at radius 3 is 2.27 bits per heavy atom. The van der Waals surface area contributed by atoms with Gasteiger partial charge >= 0.3 is 0 Å². The molecule has 0 aliphatic heterocycles. The smallest absolute Gasteiger partial charge is 0.0336 e. The van der Waals surface area contributed by atoms with Gasteiger partial charge in [0.25, 0.3) is 0 Å². The first kappa shape index (κ1) is 9.73. The van der Waals surface area contributed by atoms with E-state index in [0.717, 1.165) is 11.2 Å². The number of alkyl halides is 1. The first-order valence-electron chi connectivity index (χ1n) is 4.41. The maximum atomic E-state index is 6.02. The van der Waals surface area contributed by atoms with E-state index in [0.29, 0.717) is 5.38 Å². The number of thioether (sulfide) groups is 1. The van der Waals surface area contributed by atoms with Crippen LogP contribution in [0.4, 0.5) is 0 Å². The standard InChI is InChI=1S/C9H17ClS/c1-7(11-2)8-3-5-9(10)6-4-8/h7-9H,3-6H2,1-2H3. The van der Waals surface area contributed by atoms with Gasteiger partial charge in [-0.25, -0.2) is 0 Å². The highest BCUT2D eigenvalue weighted by atomic mass is 35.5. The molecular formula is C9H17ClS. The summed E-state index contributed by atoms with van der Waals surface area (Å²) in [6.45, 7) is 2.34. The Labute approximate surface area is 79.1 Å². The Hall–Kier alpha value is 0.640. The lowest BCUT2D eigenvalue weighted by Gasteiger charge is -2.28. The highest BCUT2D eigenvalue weighted by molar-refractivity contribution is 7.99. The van der Waals surface area contributed by atoms with Crippen molar-refractivity contribution in [1.29, 1.82) is 0 Å². The molecule has 1 aliphatic rings. The minimum absolute atomic E-state index is 0.473. The van der Waals surface area contributed by atoms with E-state index >= 15 is 0 Å². The van der Waals surface area contributed by atoms with Gasteiger partial charge in [-0.1, -0.05) is 6.92 Å². The molecule has 0 nitrogen and oxygen atoms in total. The molecule has 2 heteroatoms. The van der Waals surface area contributed by atoms with E-state index in [1.807, 2.05) is 11.8 Å². The number of hydrogen-bond donors (Lipinski definition) is 0. The third-order valence-electron chi connectivity index (χ3n) is 2.74. The van der Waals surface area contributed by atoms with Crippen LogP contribution in [0, 0.1) is 5.92 Å². The summed E-state index contributed by atoms with van der Waals surface area (Å²) in [6, 6.07) is 0. The molecule has 0 N–H and O–H groups in total. The van der Waals surface area contributed by atoms with Crippen molar-refractivity contribution in [3.8, 4) is 0 Å². The predicted molar refractivity (Wildman–Crippen MR) is 54.6 cm³/mol. The fourth-order valence-electron chi connectivity index (χ4n) is 1.74. The molecule has 0 amide bonds. The topological polar surface area (TPSA) is 0 Å². The van der Waals surface area contributed by atoms with Crippen molar-refractivity contribution in [2.24, 2.45) is 5.92 Å². The summed E-state index contributed by atoms with van der Waals surface area (Å²) in [6.07, 6.45) is 7.36. The van der Waals surface area contributed by atoms with Crippen LogP contribution in [0.15, 0.2) is 0 Å². The first-order chi connectivity index (χ1) is 5.24. The average Bonchev–Trinajstić information content (AvgIpc) is 2.05. The normalized spacial score (nSPS) is 35.2. The summed E-state index contributed by atoms with van der Waals surface area (Å²) in [5, 5.41) is 1.31. The van der Waals surface area contributed by atoms with Gasteiger partial charge in [0, 0.05) is 10.6 Å². The average molecular weight is 193 g/mol. The van der Waals surface area contributed by atoms with Crippen molar-refractivity contribution in [1.82, 2.24) is 0 Å². The second-order valence-electron chi connectivity index (χ2n) is 3.45. The van der Waals surface area contributed by atoms with Crippen molar-refractivity contribution < 1.29 is 0 Å². The zero-order valence-electron chi connectivity index (χ0n) is 7.35. The van der Waals surface area contributed by atoms with Crippen LogP contribution in [0.3, 0.4) is 0 Å². The lowest BCUT2D eigenvalue weighted by molar-refractivity contribution is 0.361. The van der Waals surface area contributed by atoms with E-state index < -0.39 is 0 Å². The van der Waals surface area contributed by atoms with Gasteiger partial charge in [-0.05, 0) is 37.9 Å². The monoisotopic (exact) mass is 192 g/mol. The van der Waals surface area contributed by atoms with Gasteiger partial charge in [0.15, 0.2) is 0 Å². The Morgan fingerprint density at radius 1 is 1.27 bits per heavy atom. The third kappa shape index (κ3) is 2.87. The van der Waals surface area contributed by atoms with Gasteiger partial charge < -0.3 is 0 Å². The molecule has 0 aromatic carbocycles. The predicted octanol–water partition coefficient (Wildman–Crippen LogP) is 3.54. The fraction of sp³-hybridized carbons (Fsp3) is 1.00. The van der Waals surface area contributed by atoms with Gasteiger partial charge in [0.1, 0.15) is 0 Å². The van der Waals surface area contributed by atoms with E-state index in [-0.39, 0.29) is 0 Å². The van der Waals surface area contributed by atoms with Crippen LogP contribution >= 0.6 is 23.4 Å². The highest BCUT2D eigenvalue weighted by Gasteiger charge is 2.23. The van der Waals surface area contributed by atoms with Crippen molar-refractivity contribution in [3.05, 3.63) is 0 Å². The van der Waals surface area contributed by atoms with Gasteiger partial charge in [0.05, 0.1) is 0 Å². The lowest BCUT2D eigenvalue weighted by atomic mass is 9.87. The summed E-state index contributed by atoms with van der Waals surface area (Å²) in [5.74, 6) is 0.931. The lowest BCUT2D eigenvalue weighted by Crippen LogP contribution is -2.21. The molecule has 0 spiro atoms. The van der Waals surface area contributed by atoms with Crippen LogP contribution in [-0.4, -0.2) is 16.9 Å². The molecule has 66 valence electrons. The van der Waals surface area contributed by atoms with E-state index in [1.54, 1.807) is 0 Å². The number of halogens is 1. The highest BCUT2D eigenvalue weighted by Crippen LogP contribution is 2.33. The molecule has 1 rings (SSSR count). The van der Waals surface area contributed by atoms with Gasteiger partial charge in [-0.15, -0.1) is 11.6 Å². The maximum Gasteiger partial charge on any atom is 0.0336 e. The Morgan fingerprint density at radius 2 is 1.82 bits per heavy atom. The molecule has 0 heterocycles. The second-order valence-corrected chi connectivity index (χ2v) is 5.29. The number of hydrogen-bond acceptors (Lipinski definition) is 1. The molecular weight excluding hydrogens is 176 g/mol. The van der Waals surface area contributed by atoms with E-state index in [9.17, 15) is 0 Å². The molecule has 0 saturated heterocycles. The molecule has 1 aliphatic carbocycles.